The normalized spacial score (nSPS) is 10.2. The minimum Gasteiger partial charge on any atom is -0.461 e. The Balaban J connectivity index is -0.000000444. The van der Waals surface area contributed by atoms with E-state index in [-0.39, 0.29) is 48.9 Å². The van der Waals surface area contributed by atoms with Crippen molar-refractivity contribution < 1.29 is 28.7 Å². The molecule has 0 atom stereocenters. The predicted molar refractivity (Wildman–Crippen MR) is 129 cm³/mol. The highest BCUT2D eigenvalue weighted by Crippen LogP contribution is 2.11. The molecule has 0 radical (unpaired) electrons. The molecule has 0 saturated heterocycles. The second kappa shape index (κ2) is 20.1. The average molecular weight is 494 g/mol. The molecule has 1 rings (SSSR count). The van der Waals surface area contributed by atoms with E-state index in [0.717, 1.165) is 5.69 Å². The number of esters is 2. The SMILES string of the molecule is CC(C)NN.CCOC(=O)/C(CC(C)=O)=N/OC.CCOC(=O)c1cc(C)nn1C(C)C.Cl. The van der Waals surface area contributed by atoms with E-state index in [2.05, 4.69) is 25.3 Å². The minimum absolute atomic E-state index is 0. The number of carbonyl (C=O) groups excluding carboxylic acids is 3. The first-order valence-corrected chi connectivity index (χ1v) is 10.4. The van der Waals surface area contributed by atoms with Gasteiger partial charge in [0.1, 0.15) is 18.6 Å². The Hall–Kier alpha value is -2.50. The van der Waals surface area contributed by atoms with Gasteiger partial charge >= 0.3 is 11.9 Å². The number of hydrogen-bond acceptors (Lipinski definition) is 10. The summed E-state index contributed by atoms with van der Waals surface area (Å²) >= 11 is 0. The van der Waals surface area contributed by atoms with Gasteiger partial charge in [-0.1, -0.05) is 5.16 Å². The average Bonchev–Trinajstić information content (AvgIpc) is 3.11. The first kappa shape index (κ1) is 35.1. The molecular formula is C21H40ClN5O6. The van der Waals surface area contributed by atoms with Crippen LogP contribution in [-0.2, 0) is 23.9 Å². The zero-order valence-corrected chi connectivity index (χ0v) is 21.9. The molecule has 1 heterocycles. The molecule has 33 heavy (non-hydrogen) atoms. The summed E-state index contributed by atoms with van der Waals surface area (Å²) in [5, 5.41) is 7.63. The highest BCUT2D eigenvalue weighted by Gasteiger charge is 2.16. The van der Waals surface area contributed by atoms with Crippen LogP contribution < -0.4 is 11.3 Å². The van der Waals surface area contributed by atoms with Crippen LogP contribution in [0.5, 0.6) is 0 Å². The molecular weight excluding hydrogens is 454 g/mol. The quantitative estimate of drug-likeness (QED) is 0.229. The van der Waals surface area contributed by atoms with E-state index in [9.17, 15) is 14.4 Å². The molecule has 0 aliphatic carbocycles. The molecule has 0 bridgehead atoms. The number of nitrogens with one attached hydrogen (secondary N) is 1. The highest BCUT2D eigenvalue weighted by atomic mass is 35.5. The fraction of sp³-hybridized carbons (Fsp3) is 0.667. The van der Waals surface area contributed by atoms with Crippen LogP contribution in [-0.4, -0.2) is 59.6 Å². The van der Waals surface area contributed by atoms with Crippen molar-refractivity contribution >= 4 is 35.8 Å². The Morgan fingerprint density at radius 1 is 1.15 bits per heavy atom. The number of oxime groups is 1. The number of ether oxygens (including phenoxy) is 2. The van der Waals surface area contributed by atoms with E-state index in [1.165, 1.54) is 14.0 Å². The van der Waals surface area contributed by atoms with Crippen molar-refractivity contribution in [3.05, 3.63) is 17.5 Å². The minimum atomic E-state index is -0.612. The summed E-state index contributed by atoms with van der Waals surface area (Å²) in [5.41, 5.74) is 3.89. The van der Waals surface area contributed by atoms with Crippen molar-refractivity contribution in [1.82, 2.24) is 15.2 Å². The van der Waals surface area contributed by atoms with Crippen LogP contribution in [0.2, 0.25) is 0 Å². The molecule has 11 nitrogen and oxygen atoms in total. The van der Waals surface area contributed by atoms with Crippen LogP contribution in [0, 0.1) is 6.92 Å². The molecule has 0 saturated carbocycles. The number of halogens is 1. The van der Waals surface area contributed by atoms with Gasteiger partial charge in [0.2, 0.25) is 0 Å². The lowest BCUT2D eigenvalue weighted by molar-refractivity contribution is -0.135. The van der Waals surface area contributed by atoms with Crippen LogP contribution in [0.15, 0.2) is 11.2 Å². The molecule has 0 aromatic carbocycles. The van der Waals surface area contributed by atoms with Gasteiger partial charge in [-0.15, -0.1) is 12.4 Å². The van der Waals surface area contributed by atoms with E-state index in [1.54, 1.807) is 24.6 Å². The smallest absolute Gasteiger partial charge is 0.356 e. The summed E-state index contributed by atoms with van der Waals surface area (Å²) in [6.45, 7) is 15.3. The summed E-state index contributed by atoms with van der Waals surface area (Å²) in [6, 6.07) is 2.33. The largest absolute Gasteiger partial charge is 0.461 e. The molecule has 0 amide bonds. The van der Waals surface area contributed by atoms with E-state index in [1.807, 2.05) is 34.6 Å². The summed E-state index contributed by atoms with van der Waals surface area (Å²) in [7, 11) is 1.30. The molecule has 1 aromatic heterocycles. The number of nitrogens with two attached hydrogens (primary N) is 1. The topological polar surface area (TPSA) is 147 Å². The van der Waals surface area contributed by atoms with Gasteiger partial charge in [0.15, 0.2) is 5.71 Å². The van der Waals surface area contributed by atoms with Gasteiger partial charge in [-0.3, -0.25) is 20.7 Å². The predicted octanol–water partition coefficient (Wildman–Crippen LogP) is 2.76. The number of rotatable bonds is 9. The molecule has 1 aromatic rings. The molecule has 192 valence electrons. The first-order valence-electron chi connectivity index (χ1n) is 10.4. The van der Waals surface area contributed by atoms with E-state index in [0.29, 0.717) is 18.3 Å². The number of carbonyl (C=O) groups is 3. The summed E-state index contributed by atoms with van der Waals surface area (Å²) < 4.78 is 11.3. The Kier molecular flexibility index (Phi) is 21.4. The number of hydrogen-bond donors (Lipinski definition) is 2. The van der Waals surface area contributed by atoms with E-state index in [4.69, 9.17) is 10.6 Å². The number of hydrazine groups is 1. The molecule has 0 aliphatic heterocycles. The van der Waals surface area contributed by atoms with Gasteiger partial charge in [-0.2, -0.15) is 5.10 Å². The Bertz CT molecular complexity index is 735. The number of aryl methyl sites for hydroxylation is 1. The van der Waals surface area contributed by atoms with Gasteiger partial charge in [0.25, 0.3) is 0 Å². The Labute approximate surface area is 202 Å². The number of nitrogens with zero attached hydrogens (tertiary/aromatic N) is 3. The fourth-order valence-electron chi connectivity index (χ4n) is 1.97. The number of ketones is 1. The fourth-order valence-corrected chi connectivity index (χ4v) is 1.97. The van der Waals surface area contributed by atoms with Gasteiger partial charge in [0, 0.05) is 12.1 Å². The van der Waals surface area contributed by atoms with Crippen molar-refractivity contribution in [1.29, 1.82) is 0 Å². The van der Waals surface area contributed by atoms with Crippen LogP contribution in [0.3, 0.4) is 0 Å². The summed E-state index contributed by atoms with van der Waals surface area (Å²) in [6.07, 6.45) is -0.0628. The monoisotopic (exact) mass is 493 g/mol. The second-order valence-corrected chi connectivity index (χ2v) is 7.07. The lowest BCUT2D eigenvalue weighted by Gasteiger charge is -2.09. The third kappa shape index (κ3) is 16.7. The van der Waals surface area contributed by atoms with E-state index < -0.39 is 5.97 Å². The molecule has 12 heteroatoms. The van der Waals surface area contributed by atoms with Gasteiger partial charge in [-0.05, 0) is 61.5 Å². The molecule has 0 spiro atoms. The molecule has 0 unspecified atom stereocenters. The van der Waals surface area contributed by atoms with Gasteiger partial charge in [-0.25, -0.2) is 9.59 Å². The zero-order valence-electron chi connectivity index (χ0n) is 21.1. The zero-order chi connectivity index (χ0) is 25.3. The van der Waals surface area contributed by atoms with Crippen molar-refractivity contribution in [3.63, 3.8) is 0 Å². The van der Waals surface area contributed by atoms with Gasteiger partial charge in [0.05, 0.1) is 25.3 Å². The van der Waals surface area contributed by atoms with Crippen LogP contribution in [0.25, 0.3) is 0 Å². The van der Waals surface area contributed by atoms with Gasteiger partial charge < -0.3 is 14.3 Å². The van der Waals surface area contributed by atoms with Crippen molar-refractivity contribution in [2.75, 3.05) is 20.3 Å². The van der Waals surface area contributed by atoms with Crippen LogP contribution in [0.4, 0.5) is 0 Å². The molecule has 0 aliphatic rings. The standard InChI is InChI=1S/C10H16N2O2.C8H13NO4.C3H10N2.ClH/c1-5-14-10(13)9-6-8(4)11-12(9)7(2)3;1-4-13-8(11)7(9-12-3)5-6(2)10;1-3(2)5-4;/h6-7H,5H2,1-4H3;4-5H2,1-3H3;3,5H,4H2,1-2H3;1H/b;9-7+;;. The third-order valence-electron chi connectivity index (χ3n) is 3.29. The number of aromatic nitrogens is 2. The maximum atomic E-state index is 11.5. The molecule has 0 fully saturated rings. The Morgan fingerprint density at radius 2 is 1.67 bits per heavy atom. The maximum absolute atomic E-state index is 11.5. The molecule has 3 N–H and O–H groups in total. The lowest BCUT2D eigenvalue weighted by Crippen LogP contribution is -2.29. The van der Waals surface area contributed by atoms with Crippen molar-refractivity contribution in [2.24, 2.45) is 11.0 Å². The van der Waals surface area contributed by atoms with E-state index >= 15 is 0 Å². The number of Topliss-reactive ketones (excluding diaryl/α,β-unsaturated/α-hetero) is 1. The Morgan fingerprint density at radius 3 is 2.03 bits per heavy atom. The first-order chi connectivity index (χ1) is 14.9. The highest BCUT2D eigenvalue weighted by molar-refractivity contribution is 6.39. The van der Waals surface area contributed by atoms with Crippen molar-refractivity contribution in [2.45, 2.75) is 73.9 Å². The van der Waals surface area contributed by atoms with Crippen LogP contribution >= 0.6 is 12.4 Å². The lowest BCUT2D eigenvalue weighted by atomic mass is 10.2. The maximum Gasteiger partial charge on any atom is 0.356 e. The summed E-state index contributed by atoms with van der Waals surface area (Å²) in [4.78, 5) is 37.7. The summed E-state index contributed by atoms with van der Waals surface area (Å²) in [5.74, 6) is 3.84. The second-order valence-electron chi connectivity index (χ2n) is 7.07. The van der Waals surface area contributed by atoms with Crippen LogP contribution in [0.1, 0.15) is 77.1 Å². The third-order valence-corrected chi connectivity index (χ3v) is 3.29. The van der Waals surface area contributed by atoms with Crippen molar-refractivity contribution in [3.8, 4) is 0 Å².